The molecule has 0 spiro atoms. The second kappa shape index (κ2) is 6.63. The number of nitrogens with one attached hydrogen (secondary N) is 1. The van der Waals surface area contributed by atoms with Crippen LogP contribution >= 0.6 is 11.6 Å². The molecule has 0 saturated heterocycles. The smallest absolute Gasteiger partial charge is 0.252 e. The summed E-state index contributed by atoms with van der Waals surface area (Å²) >= 11 is 5.22. The summed E-state index contributed by atoms with van der Waals surface area (Å²) in [6.45, 7) is 1.96. The fraction of sp³-hybridized carbons (Fsp3) is 0.300. The minimum absolute atomic E-state index is 0.403. The van der Waals surface area contributed by atoms with Gasteiger partial charge in [0.15, 0.2) is 0 Å². The van der Waals surface area contributed by atoms with Crippen molar-refractivity contribution in [2.75, 3.05) is 14.1 Å². The average Bonchev–Trinajstić information content (AvgIpc) is 2.06. The zero-order valence-electron chi connectivity index (χ0n) is 8.10. The molecule has 3 heteroatoms. The largest absolute Gasteiger partial charge is 0.323 e. The van der Waals surface area contributed by atoms with E-state index in [4.69, 9.17) is 11.6 Å². The van der Waals surface area contributed by atoms with Crippen molar-refractivity contribution < 1.29 is 4.79 Å². The highest BCUT2D eigenvalue weighted by Gasteiger charge is 1.97. The van der Waals surface area contributed by atoms with Crippen molar-refractivity contribution in [2.24, 2.45) is 0 Å². The minimum atomic E-state index is -0.403. The third-order valence-corrected chi connectivity index (χ3v) is 1.50. The van der Waals surface area contributed by atoms with E-state index in [2.05, 4.69) is 5.32 Å². The van der Waals surface area contributed by atoms with E-state index in [1.807, 2.05) is 33.2 Å². The van der Waals surface area contributed by atoms with Crippen LogP contribution in [0.5, 0.6) is 0 Å². The molecule has 1 N–H and O–H groups in total. The van der Waals surface area contributed by atoms with Crippen LogP contribution in [0, 0.1) is 6.92 Å². The SMILES string of the molecule is CNC.Cc1ccc(C(=O)Cl)cc1. The van der Waals surface area contributed by atoms with Crippen LogP contribution in [-0.2, 0) is 0 Å². The lowest BCUT2D eigenvalue weighted by molar-refractivity contribution is 0.108. The first kappa shape index (κ1) is 12.1. The number of carbonyl (C=O) groups excluding carboxylic acids is 1. The molecular formula is C10H14ClNO. The third-order valence-electron chi connectivity index (χ3n) is 1.28. The highest BCUT2D eigenvalue weighted by atomic mass is 35.5. The summed E-state index contributed by atoms with van der Waals surface area (Å²) in [7, 11) is 3.75. The molecule has 0 aliphatic rings. The van der Waals surface area contributed by atoms with Crippen molar-refractivity contribution in [3.8, 4) is 0 Å². The van der Waals surface area contributed by atoms with E-state index in [1.54, 1.807) is 12.1 Å². The quantitative estimate of drug-likeness (QED) is 0.703. The van der Waals surface area contributed by atoms with Crippen LogP contribution in [0.1, 0.15) is 15.9 Å². The summed E-state index contributed by atoms with van der Waals surface area (Å²) in [6.07, 6.45) is 0. The molecule has 1 aromatic rings. The highest BCUT2D eigenvalue weighted by Crippen LogP contribution is 2.05. The van der Waals surface area contributed by atoms with Gasteiger partial charge < -0.3 is 5.32 Å². The van der Waals surface area contributed by atoms with E-state index >= 15 is 0 Å². The van der Waals surface area contributed by atoms with E-state index in [0.29, 0.717) is 5.56 Å². The zero-order valence-corrected chi connectivity index (χ0v) is 8.85. The Labute approximate surface area is 83.9 Å². The molecule has 0 aromatic heterocycles. The predicted octanol–water partition coefficient (Wildman–Crippen LogP) is 2.21. The number of benzene rings is 1. The van der Waals surface area contributed by atoms with Crippen LogP contribution < -0.4 is 5.32 Å². The number of aryl methyl sites for hydroxylation is 1. The van der Waals surface area contributed by atoms with Crippen LogP contribution in [0.3, 0.4) is 0 Å². The number of hydrogen-bond donors (Lipinski definition) is 1. The molecule has 0 aliphatic heterocycles. The molecule has 1 rings (SSSR count). The van der Waals surface area contributed by atoms with Crippen molar-refractivity contribution in [3.63, 3.8) is 0 Å². The average molecular weight is 200 g/mol. The Bertz CT molecular complexity index is 256. The topological polar surface area (TPSA) is 29.1 Å². The second-order valence-corrected chi connectivity index (χ2v) is 2.98. The zero-order chi connectivity index (χ0) is 10.3. The Kier molecular flexibility index (Phi) is 6.20. The minimum Gasteiger partial charge on any atom is -0.323 e. The first-order valence-electron chi connectivity index (χ1n) is 3.96. The summed E-state index contributed by atoms with van der Waals surface area (Å²) in [5.74, 6) is 0. The van der Waals surface area contributed by atoms with E-state index in [9.17, 15) is 4.79 Å². The van der Waals surface area contributed by atoms with Gasteiger partial charge in [-0.3, -0.25) is 4.79 Å². The van der Waals surface area contributed by atoms with Gasteiger partial charge in [-0.05, 0) is 44.8 Å². The van der Waals surface area contributed by atoms with E-state index < -0.39 is 5.24 Å². The molecule has 0 unspecified atom stereocenters. The first-order valence-corrected chi connectivity index (χ1v) is 4.34. The van der Waals surface area contributed by atoms with E-state index in [1.165, 1.54) is 0 Å². The van der Waals surface area contributed by atoms with E-state index in [0.717, 1.165) is 5.56 Å². The monoisotopic (exact) mass is 199 g/mol. The Morgan fingerprint density at radius 2 is 1.62 bits per heavy atom. The Morgan fingerprint density at radius 3 is 1.92 bits per heavy atom. The molecule has 2 nitrogen and oxygen atoms in total. The van der Waals surface area contributed by atoms with Crippen molar-refractivity contribution in [1.82, 2.24) is 5.32 Å². The molecule has 0 fully saturated rings. The lowest BCUT2D eigenvalue weighted by Gasteiger charge is -1.92. The van der Waals surface area contributed by atoms with Crippen molar-refractivity contribution in [2.45, 2.75) is 6.92 Å². The molecule has 0 heterocycles. The van der Waals surface area contributed by atoms with Gasteiger partial charge in [-0.1, -0.05) is 17.7 Å². The summed E-state index contributed by atoms with van der Waals surface area (Å²) < 4.78 is 0. The maximum absolute atomic E-state index is 10.5. The summed E-state index contributed by atoms with van der Waals surface area (Å²) in [5.41, 5.74) is 1.67. The van der Waals surface area contributed by atoms with Gasteiger partial charge in [-0.15, -0.1) is 0 Å². The van der Waals surface area contributed by atoms with Gasteiger partial charge in [-0.25, -0.2) is 0 Å². The lowest BCUT2D eigenvalue weighted by Crippen LogP contribution is -1.89. The van der Waals surface area contributed by atoms with Gasteiger partial charge in [0, 0.05) is 5.56 Å². The molecule has 1 aromatic carbocycles. The maximum atomic E-state index is 10.5. The van der Waals surface area contributed by atoms with Gasteiger partial charge >= 0.3 is 0 Å². The van der Waals surface area contributed by atoms with Crippen LogP contribution in [-0.4, -0.2) is 19.3 Å². The van der Waals surface area contributed by atoms with Crippen LogP contribution in [0.2, 0.25) is 0 Å². The molecule has 72 valence electrons. The van der Waals surface area contributed by atoms with Gasteiger partial charge in [-0.2, -0.15) is 0 Å². The normalized spacial score (nSPS) is 8.62. The molecule has 0 aliphatic carbocycles. The molecular weight excluding hydrogens is 186 g/mol. The maximum Gasteiger partial charge on any atom is 0.252 e. The van der Waals surface area contributed by atoms with Gasteiger partial charge in [0.2, 0.25) is 0 Å². The molecule has 0 amide bonds. The van der Waals surface area contributed by atoms with Crippen LogP contribution in [0.4, 0.5) is 0 Å². The van der Waals surface area contributed by atoms with Crippen LogP contribution in [0.15, 0.2) is 24.3 Å². The molecule has 13 heavy (non-hydrogen) atoms. The third kappa shape index (κ3) is 5.39. The molecule has 0 saturated carbocycles. The fourth-order valence-electron chi connectivity index (χ4n) is 0.685. The Hall–Kier alpha value is -0.860. The summed E-state index contributed by atoms with van der Waals surface area (Å²) in [6, 6.07) is 7.14. The first-order chi connectivity index (χ1) is 6.11. The number of hydrogen-bond acceptors (Lipinski definition) is 2. The lowest BCUT2D eigenvalue weighted by atomic mass is 10.2. The summed E-state index contributed by atoms with van der Waals surface area (Å²) in [4.78, 5) is 10.5. The molecule has 0 bridgehead atoms. The second-order valence-electron chi connectivity index (χ2n) is 2.64. The van der Waals surface area contributed by atoms with Crippen molar-refractivity contribution in [1.29, 1.82) is 0 Å². The van der Waals surface area contributed by atoms with Crippen LogP contribution in [0.25, 0.3) is 0 Å². The number of halogens is 1. The summed E-state index contributed by atoms with van der Waals surface area (Å²) in [5, 5.41) is 2.35. The number of carbonyl (C=O) groups is 1. The van der Waals surface area contributed by atoms with Gasteiger partial charge in [0.1, 0.15) is 0 Å². The highest BCUT2D eigenvalue weighted by molar-refractivity contribution is 6.67. The number of rotatable bonds is 1. The standard InChI is InChI=1S/C8H7ClO.C2H7N/c1-6-2-4-7(5-3-6)8(9)10;1-3-2/h2-5H,1H3;3H,1-2H3. The fourth-order valence-corrected chi connectivity index (χ4v) is 0.811. The van der Waals surface area contributed by atoms with Gasteiger partial charge in [0.25, 0.3) is 5.24 Å². The van der Waals surface area contributed by atoms with E-state index in [-0.39, 0.29) is 0 Å². The van der Waals surface area contributed by atoms with Gasteiger partial charge in [0.05, 0.1) is 0 Å². The Balaban J connectivity index is 0.000000424. The van der Waals surface area contributed by atoms with Crippen molar-refractivity contribution >= 4 is 16.8 Å². The molecule has 0 radical (unpaired) electrons. The predicted molar refractivity (Wildman–Crippen MR) is 56.3 cm³/mol. The van der Waals surface area contributed by atoms with Crippen molar-refractivity contribution in [3.05, 3.63) is 35.4 Å². The Morgan fingerprint density at radius 1 is 1.23 bits per heavy atom. The molecule has 0 atom stereocenters.